The SMILES string of the molecule is CNC(Cc1cccc(Cl)c1Cl)c1cc(C)ccn1. The molecule has 0 saturated heterocycles. The number of hydrogen-bond acceptors (Lipinski definition) is 2. The lowest BCUT2D eigenvalue weighted by Gasteiger charge is -2.17. The second kappa shape index (κ2) is 6.38. The van der Waals surface area contributed by atoms with E-state index in [-0.39, 0.29) is 6.04 Å². The summed E-state index contributed by atoms with van der Waals surface area (Å²) in [6.45, 7) is 2.06. The minimum Gasteiger partial charge on any atom is -0.311 e. The van der Waals surface area contributed by atoms with Crippen LogP contribution in [0.4, 0.5) is 0 Å². The predicted molar refractivity (Wildman–Crippen MR) is 80.9 cm³/mol. The van der Waals surface area contributed by atoms with Gasteiger partial charge < -0.3 is 5.32 Å². The van der Waals surface area contributed by atoms with Crippen molar-refractivity contribution in [3.63, 3.8) is 0 Å². The molecule has 1 unspecified atom stereocenters. The first kappa shape index (κ1) is 14.3. The van der Waals surface area contributed by atoms with Crippen molar-refractivity contribution in [3.05, 3.63) is 63.4 Å². The van der Waals surface area contributed by atoms with Crippen molar-refractivity contribution < 1.29 is 0 Å². The van der Waals surface area contributed by atoms with E-state index in [2.05, 4.69) is 23.3 Å². The van der Waals surface area contributed by atoms with E-state index >= 15 is 0 Å². The molecule has 2 rings (SSSR count). The predicted octanol–water partition coefficient (Wildman–Crippen LogP) is 4.20. The second-order valence-electron chi connectivity index (χ2n) is 4.52. The lowest BCUT2D eigenvalue weighted by atomic mass is 10.0. The van der Waals surface area contributed by atoms with Crippen LogP contribution in [0.5, 0.6) is 0 Å². The van der Waals surface area contributed by atoms with Crippen LogP contribution in [0.3, 0.4) is 0 Å². The molecule has 19 heavy (non-hydrogen) atoms. The van der Waals surface area contributed by atoms with Crippen molar-refractivity contribution in [1.29, 1.82) is 0 Å². The van der Waals surface area contributed by atoms with Gasteiger partial charge in [-0.25, -0.2) is 0 Å². The van der Waals surface area contributed by atoms with Crippen molar-refractivity contribution in [3.8, 4) is 0 Å². The number of nitrogens with one attached hydrogen (secondary N) is 1. The van der Waals surface area contributed by atoms with E-state index in [4.69, 9.17) is 23.2 Å². The van der Waals surface area contributed by atoms with E-state index in [0.717, 1.165) is 17.7 Å². The number of rotatable bonds is 4. The van der Waals surface area contributed by atoms with Gasteiger partial charge in [-0.15, -0.1) is 0 Å². The fraction of sp³-hybridized carbons (Fsp3) is 0.267. The summed E-state index contributed by atoms with van der Waals surface area (Å²) in [6.07, 6.45) is 2.58. The van der Waals surface area contributed by atoms with E-state index in [0.29, 0.717) is 10.0 Å². The van der Waals surface area contributed by atoms with Gasteiger partial charge in [-0.1, -0.05) is 35.3 Å². The van der Waals surface area contributed by atoms with Crippen LogP contribution in [-0.4, -0.2) is 12.0 Å². The Balaban J connectivity index is 2.26. The summed E-state index contributed by atoms with van der Waals surface area (Å²) < 4.78 is 0. The Hall–Kier alpha value is -1.09. The summed E-state index contributed by atoms with van der Waals surface area (Å²) >= 11 is 12.3. The van der Waals surface area contributed by atoms with Crippen molar-refractivity contribution in [2.24, 2.45) is 0 Å². The van der Waals surface area contributed by atoms with Crippen LogP contribution in [0.2, 0.25) is 10.0 Å². The van der Waals surface area contributed by atoms with Gasteiger partial charge in [-0.05, 0) is 49.7 Å². The quantitative estimate of drug-likeness (QED) is 0.914. The molecule has 1 aromatic heterocycles. The first-order chi connectivity index (χ1) is 9.11. The van der Waals surface area contributed by atoms with Gasteiger partial charge in [0.15, 0.2) is 0 Å². The minimum atomic E-state index is 0.121. The molecule has 0 aliphatic rings. The highest BCUT2D eigenvalue weighted by atomic mass is 35.5. The Labute approximate surface area is 123 Å². The first-order valence-corrected chi connectivity index (χ1v) is 6.90. The zero-order valence-electron chi connectivity index (χ0n) is 11.0. The molecule has 1 heterocycles. The lowest BCUT2D eigenvalue weighted by Crippen LogP contribution is -2.20. The summed E-state index contributed by atoms with van der Waals surface area (Å²) in [5.41, 5.74) is 3.23. The van der Waals surface area contributed by atoms with Gasteiger partial charge in [0, 0.05) is 6.20 Å². The Kier molecular flexibility index (Phi) is 4.81. The molecule has 0 spiro atoms. The van der Waals surface area contributed by atoms with Gasteiger partial charge in [0.2, 0.25) is 0 Å². The second-order valence-corrected chi connectivity index (χ2v) is 5.30. The molecule has 100 valence electrons. The smallest absolute Gasteiger partial charge is 0.0625 e. The number of aromatic nitrogens is 1. The molecule has 0 amide bonds. The highest BCUT2D eigenvalue weighted by Gasteiger charge is 2.14. The van der Waals surface area contributed by atoms with Crippen LogP contribution in [-0.2, 0) is 6.42 Å². The number of halogens is 2. The molecule has 1 atom stereocenters. The standard InChI is InChI=1S/C15H16Cl2N2/c1-10-6-7-19-14(8-10)13(18-2)9-11-4-3-5-12(16)15(11)17/h3-8,13,18H,9H2,1-2H3. The normalized spacial score (nSPS) is 12.4. The Morgan fingerprint density at radius 2 is 2.05 bits per heavy atom. The molecule has 0 aliphatic carbocycles. The summed E-state index contributed by atoms with van der Waals surface area (Å²) in [5.74, 6) is 0. The van der Waals surface area contributed by atoms with Crippen LogP contribution in [0.15, 0.2) is 36.5 Å². The average molecular weight is 295 g/mol. The Morgan fingerprint density at radius 1 is 1.26 bits per heavy atom. The molecule has 1 aromatic carbocycles. The lowest BCUT2D eigenvalue weighted by molar-refractivity contribution is 0.575. The number of benzene rings is 1. The van der Waals surface area contributed by atoms with E-state index in [1.165, 1.54) is 5.56 Å². The van der Waals surface area contributed by atoms with Crippen LogP contribution in [0.25, 0.3) is 0 Å². The average Bonchev–Trinajstić information content (AvgIpc) is 2.40. The molecule has 2 aromatic rings. The molecule has 0 aliphatic heterocycles. The van der Waals surface area contributed by atoms with E-state index < -0.39 is 0 Å². The van der Waals surface area contributed by atoms with Crippen molar-refractivity contribution in [2.75, 3.05) is 7.05 Å². The monoisotopic (exact) mass is 294 g/mol. The zero-order chi connectivity index (χ0) is 13.8. The first-order valence-electron chi connectivity index (χ1n) is 6.14. The molecule has 0 bridgehead atoms. The van der Waals surface area contributed by atoms with Crippen LogP contribution >= 0.6 is 23.2 Å². The summed E-state index contributed by atoms with van der Waals surface area (Å²) in [7, 11) is 1.92. The maximum absolute atomic E-state index is 6.23. The van der Waals surface area contributed by atoms with Gasteiger partial charge in [-0.3, -0.25) is 4.98 Å². The van der Waals surface area contributed by atoms with Crippen LogP contribution < -0.4 is 5.32 Å². The van der Waals surface area contributed by atoms with Crippen molar-refractivity contribution in [1.82, 2.24) is 10.3 Å². The van der Waals surface area contributed by atoms with E-state index in [1.54, 1.807) is 6.07 Å². The van der Waals surface area contributed by atoms with Crippen LogP contribution in [0.1, 0.15) is 22.9 Å². The molecule has 0 saturated carbocycles. The molecule has 0 radical (unpaired) electrons. The van der Waals surface area contributed by atoms with Gasteiger partial charge in [-0.2, -0.15) is 0 Å². The van der Waals surface area contributed by atoms with Gasteiger partial charge in [0.25, 0.3) is 0 Å². The maximum Gasteiger partial charge on any atom is 0.0625 e. The van der Waals surface area contributed by atoms with Crippen molar-refractivity contribution >= 4 is 23.2 Å². The molecule has 2 nitrogen and oxygen atoms in total. The fourth-order valence-corrected chi connectivity index (χ4v) is 2.43. The maximum atomic E-state index is 6.23. The van der Waals surface area contributed by atoms with Gasteiger partial charge in [0.05, 0.1) is 21.8 Å². The highest BCUT2D eigenvalue weighted by molar-refractivity contribution is 6.42. The molecular formula is C15H16Cl2N2. The van der Waals surface area contributed by atoms with Gasteiger partial charge in [0.1, 0.15) is 0 Å². The third kappa shape index (κ3) is 3.47. The molecule has 1 N–H and O–H groups in total. The van der Waals surface area contributed by atoms with E-state index in [9.17, 15) is 0 Å². The zero-order valence-corrected chi connectivity index (χ0v) is 12.5. The number of aryl methyl sites for hydroxylation is 1. The number of pyridine rings is 1. The third-order valence-electron chi connectivity index (χ3n) is 3.10. The minimum absolute atomic E-state index is 0.121. The van der Waals surface area contributed by atoms with Crippen LogP contribution in [0, 0.1) is 6.92 Å². The Bertz CT molecular complexity index is 570. The molecule has 0 fully saturated rings. The van der Waals surface area contributed by atoms with E-state index in [1.807, 2.05) is 31.4 Å². The van der Waals surface area contributed by atoms with Crippen molar-refractivity contribution in [2.45, 2.75) is 19.4 Å². The topological polar surface area (TPSA) is 24.9 Å². The summed E-state index contributed by atoms with van der Waals surface area (Å²) in [6, 6.07) is 9.90. The third-order valence-corrected chi connectivity index (χ3v) is 3.96. The summed E-state index contributed by atoms with van der Waals surface area (Å²) in [4.78, 5) is 4.42. The Morgan fingerprint density at radius 3 is 2.74 bits per heavy atom. The summed E-state index contributed by atoms with van der Waals surface area (Å²) in [5, 5.41) is 4.49. The fourth-order valence-electron chi connectivity index (χ4n) is 2.03. The number of likely N-dealkylation sites (N-methyl/N-ethyl adjacent to an activating group) is 1. The number of hydrogen-bond donors (Lipinski definition) is 1. The highest BCUT2D eigenvalue weighted by Crippen LogP contribution is 2.28. The number of nitrogens with zero attached hydrogens (tertiary/aromatic N) is 1. The largest absolute Gasteiger partial charge is 0.311 e. The molecule has 4 heteroatoms. The van der Waals surface area contributed by atoms with Gasteiger partial charge >= 0.3 is 0 Å². The molecular weight excluding hydrogens is 279 g/mol.